The fraction of sp³-hybridized carbons (Fsp3) is 0.435. The number of ether oxygens (including phenoxy) is 2. The van der Waals surface area contributed by atoms with E-state index in [1.54, 1.807) is 30.0 Å². The quantitative estimate of drug-likeness (QED) is 0.576. The van der Waals surface area contributed by atoms with Crippen LogP contribution in [0.4, 0.5) is 16.2 Å². The molecule has 0 atom stereocenters. The van der Waals surface area contributed by atoms with Crippen LogP contribution in [0.1, 0.15) is 47.3 Å². The average molecular weight is 511 g/mol. The minimum atomic E-state index is -0.582. The lowest BCUT2D eigenvalue weighted by Gasteiger charge is -2.37. The lowest BCUT2D eigenvalue weighted by atomic mass is 10.1. The fourth-order valence-corrected chi connectivity index (χ4v) is 3.93. The topological polar surface area (TPSA) is 104 Å². The standard InChI is InChI=1S/C23H28Cl2N4O5/c1-13-17(24)18(25)19(26-13)20(30)27-15-7-6-14(21(31)33-5)12-16(15)28-8-10-29(11-9-28)22(32)34-23(2,3)4/h6-7,12,26H,8-11H2,1-5H3,(H,27,30). The Morgan fingerprint density at radius 3 is 2.24 bits per heavy atom. The molecule has 9 nitrogen and oxygen atoms in total. The SMILES string of the molecule is COC(=O)c1ccc(NC(=O)c2[nH]c(C)c(Cl)c2Cl)c(N2CCN(C(=O)OC(C)(C)C)CC2)c1. The molecular weight excluding hydrogens is 483 g/mol. The Hall–Kier alpha value is -2.91. The van der Waals surface area contributed by atoms with E-state index >= 15 is 0 Å². The predicted molar refractivity (Wildman–Crippen MR) is 131 cm³/mol. The maximum Gasteiger partial charge on any atom is 0.410 e. The van der Waals surface area contributed by atoms with Gasteiger partial charge in [0.1, 0.15) is 11.3 Å². The number of nitrogens with zero attached hydrogens (tertiary/aromatic N) is 2. The van der Waals surface area contributed by atoms with E-state index in [0.29, 0.717) is 48.8 Å². The van der Waals surface area contributed by atoms with Gasteiger partial charge in [-0.3, -0.25) is 4.79 Å². The van der Waals surface area contributed by atoms with Crippen LogP contribution in [0.5, 0.6) is 0 Å². The first kappa shape index (κ1) is 25.7. The number of aromatic nitrogens is 1. The van der Waals surface area contributed by atoms with Crippen molar-refractivity contribution in [2.45, 2.75) is 33.3 Å². The minimum Gasteiger partial charge on any atom is -0.465 e. The summed E-state index contributed by atoms with van der Waals surface area (Å²) in [7, 11) is 1.30. The van der Waals surface area contributed by atoms with Gasteiger partial charge < -0.3 is 29.6 Å². The average Bonchev–Trinajstić information content (AvgIpc) is 3.05. The largest absolute Gasteiger partial charge is 0.465 e. The zero-order valence-corrected chi connectivity index (χ0v) is 21.3. The number of nitrogens with one attached hydrogen (secondary N) is 2. The Labute approximate surface area is 208 Å². The summed E-state index contributed by atoms with van der Waals surface area (Å²) in [4.78, 5) is 44.0. The highest BCUT2D eigenvalue weighted by Gasteiger charge is 2.28. The van der Waals surface area contributed by atoms with E-state index in [1.807, 2.05) is 25.7 Å². The number of amides is 2. The van der Waals surface area contributed by atoms with Crippen LogP contribution < -0.4 is 10.2 Å². The van der Waals surface area contributed by atoms with Crippen LogP contribution in [0.25, 0.3) is 0 Å². The van der Waals surface area contributed by atoms with Gasteiger partial charge in [0.05, 0.1) is 34.1 Å². The summed E-state index contributed by atoms with van der Waals surface area (Å²) in [5.74, 6) is -0.971. The van der Waals surface area contributed by atoms with Crippen molar-refractivity contribution in [1.82, 2.24) is 9.88 Å². The number of rotatable bonds is 4. The molecule has 1 aromatic heterocycles. The smallest absolute Gasteiger partial charge is 0.410 e. The van der Waals surface area contributed by atoms with Crippen molar-refractivity contribution >= 4 is 52.5 Å². The number of H-pyrrole nitrogens is 1. The zero-order valence-electron chi connectivity index (χ0n) is 19.8. The lowest BCUT2D eigenvalue weighted by molar-refractivity contribution is 0.0240. The van der Waals surface area contributed by atoms with Gasteiger partial charge in [0.25, 0.3) is 5.91 Å². The van der Waals surface area contributed by atoms with E-state index in [9.17, 15) is 14.4 Å². The summed E-state index contributed by atoms with van der Waals surface area (Å²) in [6.07, 6.45) is -0.377. The van der Waals surface area contributed by atoms with Crippen LogP contribution in [0.3, 0.4) is 0 Å². The number of anilines is 2. The Bertz CT molecular complexity index is 1100. The molecule has 1 aromatic carbocycles. The number of carbonyl (C=O) groups is 3. The zero-order chi connectivity index (χ0) is 25.2. The normalized spacial score (nSPS) is 14.1. The van der Waals surface area contributed by atoms with Crippen LogP contribution in [0.15, 0.2) is 18.2 Å². The molecule has 0 unspecified atom stereocenters. The van der Waals surface area contributed by atoms with Crippen molar-refractivity contribution in [3.8, 4) is 0 Å². The molecule has 1 aliphatic heterocycles. The molecule has 2 amide bonds. The van der Waals surface area contributed by atoms with Crippen molar-refractivity contribution in [3.05, 3.63) is 45.2 Å². The first-order valence-electron chi connectivity index (χ1n) is 10.7. The van der Waals surface area contributed by atoms with Gasteiger partial charge in [-0.05, 0) is 45.9 Å². The molecule has 0 spiro atoms. The van der Waals surface area contributed by atoms with Crippen LogP contribution in [0, 0.1) is 6.92 Å². The Morgan fingerprint density at radius 1 is 1.06 bits per heavy atom. The fourth-order valence-electron chi connectivity index (χ4n) is 3.51. The molecule has 1 saturated heterocycles. The second-order valence-electron chi connectivity index (χ2n) is 8.89. The molecule has 2 aromatic rings. The van der Waals surface area contributed by atoms with Crippen molar-refractivity contribution in [2.24, 2.45) is 0 Å². The number of aromatic amines is 1. The molecule has 34 heavy (non-hydrogen) atoms. The van der Waals surface area contributed by atoms with E-state index in [-0.39, 0.29) is 21.8 Å². The summed E-state index contributed by atoms with van der Waals surface area (Å²) >= 11 is 12.3. The third-order valence-corrected chi connectivity index (χ3v) is 6.17. The second-order valence-corrected chi connectivity index (χ2v) is 9.64. The Morgan fingerprint density at radius 2 is 1.71 bits per heavy atom. The third-order valence-electron chi connectivity index (χ3n) is 5.22. The van der Waals surface area contributed by atoms with E-state index in [0.717, 1.165) is 0 Å². The molecule has 2 heterocycles. The Balaban J connectivity index is 1.84. The number of halogens is 2. The first-order valence-corrected chi connectivity index (χ1v) is 11.5. The second kappa shape index (κ2) is 10.1. The lowest BCUT2D eigenvalue weighted by Crippen LogP contribution is -2.50. The summed E-state index contributed by atoms with van der Waals surface area (Å²) in [5.41, 5.74) is 1.56. The van der Waals surface area contributed by atoms with Crippen LogP contribution in [0.2, 0.25) is 10.0 Å². The van der Waals surface area contributed by atoms with Crippen molar-refractivity contribution in [1.29, 1.82) is 0 Å². The number of methoxy groups -OCH3 is 1. The van der Waals surface area contributed by atoms with Gasteiger partial charge in [0.15, 0.2) is 0 Å². The molecule has 0 aliphatic carbocycles. The molecule has 1 fully saturated rings. The van der Waals surface area contributed by atoms with E-state index < -0.39 is 17.5 Å². The summed E-state index contributed by atoms with van der Waals surface area (Å²) in [6, 6.07) is 4.85. The highest BCUT2D eigenvalue weighted by atomic mass is 35.5. The molecule has 0 saturated carbocycles. The molecular formula is C23H28Cl2N4O5. The van der Waals surface area contributed by atoms with Gasteiger partial charge >= 0.3 is 12.1 Å². The third kappa shape index (κ3) is 5.77. The van der Waals surface area contributed by atoms with Gasteiger partial charge in [-0.2, -0.15) is 0 Å². The minimum absolute atomic E-state index is 0.135. The van der Waals surface area contributed by atoms with Crippen molar-refractivity contribution in [3.63, 3.8) is 0 Å². The van der Waals surface area contributed by atoms with E-state index in [2.05, 4.69) is 10.3 Å². The molecule has 3 rings (SSSR count). The van der Waals surface area contributed by atoms with Crippen LogP contribution in [-0.4, -0.2) is 66.7 Å². The van der Waals surface area contributed by atoms with E-state index in [4.69, 9.17) is 32.7 Å². The molecule has 11 heteroatoms. The van der Waals surface area contributed by atoms with Crippen molar-refractivity contribution < 1.29 is 23.9 Å². The first-order chi connectivity index (χ1) is 15.9. The Kier molecular flexibility index (Phi) is 7.67. The number of hydrogen-bond acceptors (Lipinski definition) is 6. The van der Waals surface area contributed by atoms with E-state index in [1.165, 1.54) is 7.11 Å². The monoisotopic (exact) mass is 510 g/mol. The number of benzene rings is 1. The number of aryl methyl sites for hydroxylation is 1. The summed E-state index contributed by atoms with van der Waals surface area (Å²) in [6.45, 7) is 8.95. The molecule has 0 bridgehead atoms. The molecule has 184 valence electrons. The molecule has 1 aliphatic rings. The van der Waals surface area contributed by atoms with Gasteiger partial charge in [-0.15, -0.1) is 0 Å². The molecule has 0 radical (unpaired) electrons. The van der Waals surface area contributed by atoms with Gasteiger partial charge in [0.2, 0.25) is 0 Å². The predicted octanol–water partition coefficient (Wildman–Crippen LogP) is 4.73. The number of hydrogen-bond donors (Lipinski definition) is 2. The number of piperazine rings is 1. The van der Waals surface area contributed by atoms with Gasteiger partial charge in [0, 0.05) is 31.9 Å². The highest BCUT2D eigenvalue weighted by molar-refractivity contribution is 6.44. The van der Waals surface area contributed by atoms with Gasteiger partial charge in [-0.25, -0.2) is 9.59 Å². The van der Waals surface area contributed by atoms with Crippen LogP contribution >= 0.6 is 23.2 Å². The molecule has 2 N–H and O–H groups in total. The van der Waals surface area contributed by atoms with Gasteiger partial charge in [-0.1, -0.05) is 23.2 Å². The highest BCUT2D eigenvalue weighted by Crippen LogP contribution is 2.32. The maximum atomic E-state index is 12.9. The number of esters is 1. The van der Waals surface area contributed by atoms with Crippen LogP contribution in [-0.2, 0) is 9.47 Å². The summed E-state index contributed by atoms with van der Waals surface area (Å²) in [5, 5.41) is 3.26. The van der Waals surface area contributed by atoms with Crippen molar-refractivity contribution in [2.75, 3.05) is 43.5 Å². The number of carbonyl (C=O) groups excluding carboxylic acids is 3. The maximum absolute atomic E-state index is 12.9. The summed E-state index contributed by atoms with van der Waals surface area (Å²) < 4.78 is 10.3.